The van der Waals surface area contributed by atoms with Gasteiger partial charge in [-0.15, -0.1) is 0 Å². The summed E-state index contributed by atoms with van der Waals surface area (Å²) in [6.07, 6.45) is 0.660. The van der Waals surface area contributed by atoms with Crippen molar-refractivity contribution >= 4 is 38.7 Å². The molecule has 1 atom stereocenters. The van der Waals surface area contributed by atoms with Crippen molar-refractivity contribution in [1.29, 1.82) is 0 Å². The molecule has 1 unspecified atom stereocenters. The zero-order chi connectivity index (χ0) is 19.2. The highest BCUT2D eigenvalue weighted by atomic mass is 35.5. The molecule has 0 fully saturated rings. The van der Waals surface area contributed by atoms with E-state index in [0.717, 1.165) is 16.9 Å². The van der Waals surface area contributed by atoms with Crippen LogP contribution in [0.5, 0.6) is 0 Å². The first-order valence-corrected chi connectivity index (χ1v) is 9.59. The Morgan fingerprint density at radius 2 is 1.92 bits per heavy atom. The van der Waals surface area contributed by atoms with Gasteiger partial charge in [-0.25, -0.2) is 9.18 Å². The molecule has 0 radical (unpaired) electrons. The van der Waals surface area contributed by atoms with Gasteiger partial charge in [0.2, 0.25) is 0 Å². The Balaban J connectivity index is 2.63. The van der Waals surface area contributed by atoms with Gasteiger partial charge >= 0.3 is 6.09 Å². The summed E-state index contributed by atoms with van der Waals surface area (Å²) >= 11 is 5.83. The van der Waals surface area contributed by atoms with Crippen LogP contribution in [0.2, 0.25) is 5.02 Å². The van der Waals surface area contributed by atoms with Gasteiger partial charge in [0.15, 0.2) is 0 Å². The summed E-state index contributed by atoms with van der Waals surface area (Å²) in [6, 6.07) is 2.42. The Morgan fingerprint density at radius 3 is 2.44 bits per heavy atom. The molecule has 0 bridgehead atoms. The highest BCUT2D eigenvalue weighted by Crippen LogP contribution is 2.33. The van der Waals surface area contributed by atoms with E-state index in [9.17, 15) is 17.6 Å². The molecule has 0 aliphatic heterocycles. The first-order chi connectivity index (χ1) is 11.3. The Morgan fingerprint density at radius 1 is 1.32 bits per heavy atom. The fourth-order valence-corrected chi connectivity index (χ4v) is 3.14. The molecule has 25 heavy (non-hydrogen) atoms. The average Bonchev–Trinajstić information content (AvgIpc) is 2.74. The van der Waals surface area contributed by atoms with E-state index in [2.05, 4.69) is 0 Å². The van der Waals surface area contributed by atoms with Crippen LogP contribution in [0.15, 0.2) is 18.3 Å². The van der Waals surface area contributed by atoms with Crippen LogP contribution in [0.25, 0.3) is 10.9 Å². The third-order valence-corrected chi connectivity index (χ3v) is 4.15. The number of fused-ring (bicyclic) bond motifs is 1. The summed E-state index contributed by atoms with van der Waals surface area (Å²) in [5.41, 5.74) is -0.184. The van der Waals surface area contributed by atoms with Gasteiger partial charge < -0.3 is 4.74 Å². The van der Waals surface area contributed by atoms with Gasteiger partial charge in [-0.2, -0.15) is 8.42 Å². The maximum atomic E-state index is 13.9. The molecule has 0 aliphatic rings. The lowest BCUT2D eigenvalue weighted by molar-refractivity contribution is 0.0544. The van der Waals surface area contributed by atoms with E-state index in [1.54, 1.807) is 20.8 Å². The Bertz CT molecular complexity index is 930. The maximum absolute atomic E-state index is 13.9. The minimum atomic E-state index is -3.73. The van der Waals surface area contributed by atoms with Gasteiger partial charge in [0.05, 0.1) is 16.8 Å². The lowest BCUT2D eigenvalue weighted by Gasteiger charge is -2.19. The summed E-state index contributed by atoms with van der Waals surface area (Å²) in [6.45, 7) is 6.60. The molecule has 0 saturated heterocycles. The molecule has 0 saturated carbocycles. The first-order valence-electron chi connectivity index (χ1n) is 7.40. The average molecular weight is 392 g/mol. The second kappa shape index (κ2) is 6.59. The Labute approximate surface area is 150 Å². The van der Waals surface area contributed by atoms with Gasteiger partial charge in [-0.05, 0) is 33.8 Å². The Kier molecular flexibility index (Phi) is 5.18. The highest BCUT2D eigenvalue weighted by Gasteiger charge is 2.25. The van der Waals surface area contributed by atoms with E-state index in [-0.39, 0.29) is 10.5 Å². The largest absolute Gasteiger partial charge is 0.443 e. The van der Waals surface area contributed by atoms with Gasteiger partial charge in [0, 0.05) is 23.2 Å². The summed E-state index contributed by atoms with van der Waals surface area (Å²) in [5.74, 6) is -0.708. The predicted molar refractivity (Wildman–Crippen MR) is 92.9 cm³/mol. The molecule has 1 heterocycles. The van der Waals surface area contributed by atoms with E-state index in [1.165, 1.54) is 19.2 Å². The number of ether oxygens (including phenoxy) is 1. The molecule has 6 nitrogen and oxygen atoms in total. The van der Waals surface area contributed by atoms with E-state index < -0.39 is 33.7 Å². The van der Waals surface area contributed by atoms with Gasteiger partial charge in [-0.1, -0.05) is 11.6 Å². The number of halogens is 2. The molecule has 138 valence electrons. The number of nitrogens with zero attached hydrogens (tertiary/aromatic N) is 1. The number of carbonyl (C=O) groups is 1. The minimum absolute atomic E-state index is 0.151. The second-order valence-corrected chi connectivity index (χ2v) is 8.67. The fourth-order valence-electron chi connectivity index (χ4n) is 2.35. The minimum Gasteiger partial charge on any atom is -0.443 e. The van der Waals surface area contributed by atoms with Crippen molar-refractivity contribution in [3.05, 3.63) is 34.7 Å². The van der Waals surface area contributed by atoms with Gasteiger partial charge in [0.1, 0.15) is 17.5 Å². The molecule has 2 aromatic rings. The molecule has 0 N–H and O–H groups in total. The number of benzene rings is 1. The van der Waals surface area contributed by atoms with Crippen LogP contribution in [0.1, 0.15) is 39.4 Å². The predicted octanol–water partition coefficient (Wildman–Crippen LogP) is 4.25. The number of carbonyl (C=O) groups excluding carboxylic acids is 1. The smallest absolute Gasteiger partial charge is 0.419 e. The number of hydrogen-bond donors (Lipinski definition) is 0. The number of hydrogen-bond acceptors (Lipinski definition) is 5. The molecule has 0 aliphatic carbocycles. The summed E-state index contributed by atoms with van der Waals surface area (Å²) in [5, 5.41) is 0.246. The van der Waals surface area contributed by atoms with Crippen LogP contribution in [-0.2, 0) is 19.0 Å². The lowest BCUT2D eigenvalue weighted by atomic mass is 10.1. The highest BCUT2D eigenvalue weighted by molar-refractivity contribution is 7.86. The second-order valence-electron chi connectivity index (χ2n) is 6.66. The molecule has 9 heteroatoms. The van der Waals surface area contributed by atoms with Crippen molar-refractivity contribution in [2.24, 2.45) is 0 Å². The third kappa shape index (κ3) is 4.71. The van der Waals surface area contributed by atoms with Gasteiger partial charge in [0.25, 0.3) is 10.1 Å². The summed E-state index contributed by atoms with van der Waals surface area (Å²) < 4.78 is 48.1. The number of aromatic nitrogens is 1. The van der Waals surface area contributed by atoms with E-state index in [4.69, 9.17) is 20.5 Å². The van der Waals surface area contributed by atoms with Crippen LogP contribution in [0.3, 0.4) is 0 Å². The zero-order valence-corrected chi connectivity index (χ0v) is 16.0. The molecule has 0 spiro atoms. The summed E-state index contributed by atoms with van der Waals surface area (Å²) in [4.78, 5) is 12.4. The lowest BCUT2D eigenvalue weighted by Crippen LogP contribution is -2.26. The van der Waals surface area contributed by atoms with Crippen LogP contribution < -0.4 is 0 Å². The van der Waals surface area contributed by atoms with Crippen molar-refractivity contribution in [2.45, 2.75) is 39.4 Å². The van der Waals surface area contributed by atoms with Crippen LogP contribution in [0, 0.1) is 5.82 Å². The number of rotatable bonds is 3. The SMILES string of the molecule is CC(OS(C)(=O)=O)c1cn(C(=O)OC(C)(C)C)c2cc(F)c(Cl)cc12. The first kappa shape index (κ1) is 19.7. The molecular formula is C16H19ClFNO5S. The quantitative estimate of drug-likeness (QED) is 0.731. The zero-order valence-electron chi connectivity index (χ0n) is 14.5. The van der Waals surface area contributed by atoms with Gasteiger partial charge in [-0.3, -0.25) is 8.75 Å². The van der Waals surface area contributed by atoms with Crippen molar-refractivity contribution < 1.29 is 26.5 Å². The van der Waals surface area contributed by atoms with Crippen molar-refractivity contribution in [2.75, 3.05) is 6.26 Å². The third-order valence-electron chi connectivity index (χ3n) is 3.22. The van der Waals surface area contributed by atoms with Crippen LogP contribution >= 0.6 is 11.6 Å². The van der Waals surface area contributed by atoms with Crippen molar-refractivity contribution in [3.63, 3.8) is 0 Å². The molecular weight excluding hydrogens is 373 g/mol. The van der Waals surface area contributed by atoms with Crippen molar-refractivity contribution in [3.8, 4) is 0 Å². The van der Waals surface area contributed by atoms with E-state index in [0.29, 0.717) is 10.9 Å². The fraction of sp³-hybridized carbons (Fsp3) is 0.438. The van der Waals surface area contributed by atoms with E-state index >= 15 is 0 Å². The molecule has 1 aromatic carbocycles. The molecule has 2 rings (SSSR count). The summed E-state index contributed by atoms with van der Waals surface area (Å²) in [7, 11) is -3.73. The standard InChI is InChI=1S/C16H19ClFNO5S/c1-9(24-25(5,21)22)11-8-19(15(20)23-16(2,3)4)14-7-13(18)12(17)6-10(11)14/h6-9H,1-5H3. The maximum Gasteiger partial charge on any atom is 0.419 e. The monoisotopic (exact) mass is 391 g/mol. The van der Waals surface area contributed by atoms with Crippen LogP contribution in [-0.4, -0.2) is 30.9 Å². The molecule has 0 amide bonds. The van der Waals surface area contributed by atoms with Crippen LogP contribution in [0.4, 0.5) is 9.18 Å². The van der Waals surface area contributed by atoms with E-state index in [1.807, 2.05) is 0 Å². The van der Waals surface area contributed by atoms with Crippen molar-refractivity contribution in [1.82, 2.24) is 4.57 Å². The topological polar surface area (TPSA) is 74.6 Å². The normalized spacial score (nSPS) is 13.9. The Hall–Kier alpha value is -1.64. The molecule has 1 aromatic heterocycles.